The number of aliphatic carboxylic acids is 1. The average molecular weight is 234 g/mol. The normalized spacial score (nSPS) is 19.0. The summed E-state index contributed by atoms with van der Waals surface area (Å²) in [6.07, 6.45) is 1.53. The molecule has 17 heavy (non-hydrogen) atoms. The van der Waals surface area contributed by atoms with Crippen LogP contribution in [0.15, 0.2) is 30.3 Å². The van der Waals surface area contributed by atoms with Crippen molar-refractivity contribution in [1.29, 1.82) is 0 Å². The summed E-state index contributed by atoms with van der Waals surface area (Å²) >= 11 is 0. The molecule has 1 aromatic carbocycles. The van der Waals surface area contributed by atoms with Gasteiger partial charge in [0.1, 0.15) is 0 Å². The van der Waals surface area contributed by atoms with Crippen LogP contribution in [0.25, 0.3) is 0 Å². The van der Waals surface area contributed by atoms with Crippen LogP contribution >= 0.6 is 0 Å². The molecule has 0 bridgehead atoms. The van der Waals surface area contributed by atoms with Gasteiger partial charge in [-0.05, 0) is 25.0 Å². The molecule has 4 nitrogen and oxygen atoms in total. The van der Waals surface area contributed by atoms with E-state index in [9.17, 15) is 4.79 Å². The molecule has 0 radical (unpaired) electrons. The summed E-state index contributed by atoms with van der Waals surface area (Å²) in [6.45, 7) is 1.65. The summed E-state index contributed by atoms with van der Waals surface area (Å²) in [4.78, 5) is 13.0. The molecule has 1 aliphatic rings. The fourth-order valence-corrected chi connectivity index (χ4v) is 2.33. The lowest BCUT2D eigenvalue weighted by Gasteiger charge is -2.39. The third-order valence-electron chi connectivity index (χ3n) is 3.38. The first-order valence-electron chi connectivity index (χ1n) is 5.90. The van der Waals surface area contributed by atoms with E-state index < -0.39 is 11.5 Å². The molecule has 4 heteroatoms. The molecule has 1 aromatic rings. The highest BCUT2D eigenvalue weighted by molar-refractivity contribution is 5.68. The molecule has 0 aromatic heterocycles. The van der Waals surface area contributed by atoms with E-state index in [2.05, 4.69) is 17.0 Å². The Labute approximate surface area is 101 Å². The lowest BCUT2D eigenvalue weighted by atomic mass is 9.85. The van der Waals surface area contributed by atoms with Crippen molar-refractivity contribution in [3.8, 4) is 0 Å². The number of nitrogens with two attached hydrogens (primary N) is 1. The predicted octanol–water partition coefficient (Wildman–Crippen LogP) is 1.46. The molecule has 3 N–H and O–H groups in total. The van der Waals surface area contributed by atoms with Crippen molar-refractivity contribution in [3.05, 3.63) is 30.3 Å². The van der Waals surface area contributed by atoms with Gasteiger partial charge < -0.3 is 15.7 Å². The molecular formula is C13H18N2O2. The lowest BCUT2D eigenvalue weighted by molar-refractivity contribution is -0.138. The van der Waals surface area contributed by atoms with Crippen molar-refractivity contribution in [2.45, 2.75) is 24.8 Å². The molecule has 92 valence electrons. The third-order valence-corrected chi connectivity index (χ3v) is 3.38. The zero-order valence-electron chi connectivity index (χ0n) is 9.80. The Balaban J connectivity index is 1.96. The monoisotopic (exact) mass is 234 g/mol. The number of anilines is 1. The zero-order chi connectivity index (χ0) is 12.3. The second-order valence-corrected chi connectivity index (χ2v) is 4.76. The molecular weight excluding hydrogens is 216 g/mol. The number of piperidine rings is 1. The Morgan fingerprint density at radius 2 is 1.88 bits per heavy atom. The summed E-state index contributed by atoms with van der Waals surface area (Å²) in [5.41, 5.74) is 6.75. The number of benzene rings is 1. The lowest BCUT2D eigenvalue weighted by Crippen LogP contribution is -2.51. The summed E-state index contributed by atoms with van der Waals surface area (Å²) < 4.78 is 0. The van der Waals surface area contributed by atoms with Gasteiger partial charge in [0.2, 0.25) is 0 Å². The van der Waals surface area contributed by atoms with Crippen molar-refractivity contribution in [3.63, 3.8) is 0 Å². The fourth-order valence-electron chi connectivity index (χ4n) is 2.33. The Morgan fingerprint density at radius 1 is 1.29 bits per heavy atom. The first-order valence-corrected chi connectivity index (χ1v) is 5.90. The number of hydrogen-bond donors (Lipinski definition) is 2. The van der Waals surface area contributed by atoms with Gasteiger partial charge in [-0.25, -0.2) is 0 Å². The van der Waals surface area contributed by atoms with Crippen molar-refractivity contribution >= 4 is 11.7 Å². The van der Waals surface area contributed by atoms with E-state index in [0.717, 1.165) is 25.9 Å². The van der Waals surface area contributed by atoms with Crippen molar-refractivity contribution in [1.82, 2.24) is 0 Å². The fraction of sp³-hybridized carbons (Fsp3) is 0.462. The van der Waals surface area contributed by atoms with Crippen LogP contribution in [0.5, 0.6) is 0 Å². The Kier molecular flexibility index (Phi) is 3.33. The van der Waals surface area contributed by atoms with Crippen LogP contribution in [-0.2, 0) is 4.79 Å². The minimum Gasteiger partial charge on any atom is -0.481 e. The second kappa shape index (κ2) is 4.75. The molecule has 1 aliphatic heterocycles. The van der Waals surface area contributed by atoms with Gasteiger partial charge in [-0.2, -0.15) is 0 Å². The maximum Gasteiger partial charge on any atom is 0.305 e. The van der Waals surface area contributed by atoms with Crippen LogP contribution in [0, 0.1) is 0 Å². The maximum absolute atomic E-state index is 10.7. The number of hydrogen-bond acceptors (Lipinski definition) is 3. The summed E-state index contributed by atoms with van der Waals surface area (Å²) in [7, 11) is 0. The Morgan fingerprint density at radius 3 is 2.41 bits per heavy atom. The highest BCUT2D eigenvalue weighted by atomic mass is 16.4. The van der Waals surface area contributed by atoms with E-state index in [1.807, 2.05) is 18.2 Å². The minimum absolute atomic E-state index is 0.0651. The van der Waals surface area contributed by atoms with Gasteiger partial charge in [0, 0.05) is 24.3 Å². The zero-order valence-corrected chi connectivity index (χ0v) is 9.80. The highest BCUT2D eigenvalue weighted by Gasteiger charge is 2.32. The summed E-state index contributed by atoms with van der Waals surface area (Å²) in [5.74, 6) is -0.805. The van der Waals surface area contributed by atoms with E-state index >= 15 is 0 Å². The van der Waals surface area contributed by atoms with Crippen LogP contribution in [0.1, 0.15) is 19.3 Å². The number of nitrogens with zero attached hydrogens (tertiary/aromatic N) is 1. The molecule has 1 saturated heterocycles. The molecule has 1 heterocycles. The molecule has 0 atom stereocenters. The quantitative estimate of drug-likeness (QED) is 0.831. The van der Waals surface area contributed by atoms with E-state index in [1.165, 1.54) is 5.69 Å². The van der Waals surface area contributed by atoms with Crippen LogP contribution in [0.2, 0.25) is 0 Å². The molecule has 0 aliphatic carbocycles. The number of carboxylic acids is 1. The first-order chi connectivity index (χ1) is 8.09. The van der Waals surface area contributed by atoms with Crippen LogP contribution in [-0.4, -0.2) is 29.7 Å². The maximum atomic E-state index is 10.7. The number of carbonyl (C=O) groups is 1. The molecule has 1 fully saturated rings. The first kappa shape index (κ1) is 11.9. The van der Waals surface area contributed by atoms with Crippen LogP contribution < -0.4 is 10.6 Å². The van der Waals surface area contributed by atoms with E-state index in [0.29, 0.717) is 0 Å². The van der Waals surface area contributed by atoms with Crippen molar-refractivity contribution in [2.24, 2.45) is 5.73 Å². The van der Waals surface area contributed by atoms with Gasteiger partial charge >= 0.3 is 5.97 Å². The Hall–Kier alpha value is -1.55. The molecule has 0 amide bonds. The summed E-state index contributed by atoms with van der Waals surface area (Å²) in [5, 5.41) is 8.82. The van der Waals surface area contributed by atoms with E-state index in [-0.39, 0.29) is 6.42 Å². The van der Waals surface area contributed by atoms with Crippen LogP contribution in [0.4, 0.5) is 5.69 Å². The minimum atomic E-state index is -0.805. The largest absolute Gasteiger partial charge is 0.481 e. The van der Waals surface area contributed by atoms with Crippen molar-refractivity contribution < 1.29 is 9.90 Å². The molecule has 0 spiro atoms. The average Bonchev–Trinajstić information content (AvgIpc) is 2.29. The molecule has 0 unspecified atom stereocenters. The highest BCUT2D eigenvalue weighted by Crippen LogP contribution is 2.26. The number of carboxylic acid groups (broad SMARTS) is 1. The predicted molar refractivity (Wildman–Crippen MR) is 67.1 cm³/mol. The van der Waals surface area contributed by atoms with E-state index in [1.54, 1.807) is 0 Å². The standard InChI is InChI=1S/C13H18N2O2/c14-13(10-12(16)17)6-8-15(9-7-13)11-4-2-1-3-5-11/h1-5H,6-10,14H2,(H,16,17). The number of rotatable bonds is 3. The van der Waals surface area contributed by atoms with Gasteiger partial charge in [0.05, 0.1) is 6.42 Å². The molecule has 0 saturated carbocycles. The summed E-state index contributed by atoms with van der Waals surface area (Å²) in [6, 6.07) is 10.2. The van der Waals surface area contributed by atoms with Gasteiger partial charge in [-0.3, -0.25) is 4.79 Å². The number of para-hydroxylation sites is 1. The van der Waals surface area contributed by atoms with Gasteiger partial charge in [0.25, 0.3) is 0 Å². The Bertz CT molecular complexity index is 384. The van der Waals surface area contributed by atoms with Crippen LogP contribution in [0.3, 0.4) is 0 Å². The third kappa shape index (κ3) is 2.97. The molecule has 2 rings (SSSR count). The van der Waals surface area contributed by atoms with E-state index in [4.69, 9.17) is 10.8 Å². The van der Waals surface area contributed by atoms with Gasteiger partial charge in [0.15, 0.2) is 0 Å². The van der Waals surface area contributed by atoms with Gasteiger partial charge in [-0.15, -0.1) is 0 Å². The smallest absolute Gasteiger partial charge is 0.305 e. The second-order valence-electron chi connectivity index (χ2n) is 4.76. The van der Waals surface area contributed by atoms with Gasteiger partial charge in [-0.1, -0.05) is 18.2 Å². The van der Waals surface area contributed by atoms with Crippen molar-refractivity contribution in [2.75, 3.05) is 18.0 Å². The SMILES string of the molecule is NC1(CC(=O)O)CCN(c2ccccc2)CC1. The topological polar surface area (TPSA) is 66.6 Å².